The van der Waals surface area contributed by atoms with Gasteiger partial charge in [0.1, 0.15) is 0 Å². The van der Waals surface area contributed by atoms with Crippen LogP contribution < -0.4 is 5.32 Å². The van der Waals surface area contributed by atoms with Gasteiger partial charge in [0.2, 0.25) is 0 Å². The van der Waals surface area contributed by atoms with E-state index in [0.717, 1.165) is 0 Å². The summed E-state index contributed by atoms with van der Waals surface area (Å²) in [6, 6.07) is 2.24. The molecule has 1 aliphatic rings. The molecule has 0 unspecified atom stereocenters. The highest BCUT2D eigenvalue weighted by Gasteiger charge is 2.27. The van der Waals surface area contributed by atoms with E-state index in [4.69, 9.17) is 0 Å². The van der Waals surface area contributed by atoms with Gasteiger partial charge in [-0.15, -0.1) is 0 Å². The molecule has 0 atom stereocenters. The van der Waals surface area contributed by atoms with Crippen molar-refractivity contribution in [2.75, 3.05) is 26.7 Å². The van der Waals surface area contributed by atoms with E-state index in [0.29, 0.717) is 5.54 Å². The first kappa shape index (κ1) is 12.1. The molecule has 2 heterocycles. The van der Waals surface area contributed by atoms with Crippen LogP contribution in [0.3, 0.4) is 0 Å². The highest BCUT2D eigenvalue weighted by atomic mass is 32.1. The first-order valence-corrected chi connectivity index (χ1v) is 7.08. The van der Waals surface area contributed by atoms with Crippen LogP contribution in [0.25, 0.3) is 0 Å². The van der Waals surface area contributed by atoms with Gasteiger partial charge in [-0.3, -0.25) is 0 Å². The Kier molecular flexibility index (Phi) is 4.00. The normalized spacial score (nSPS) is 21.1. The maximum absolute atomic E-state index is 3.45. The van der Waals surface area contributed by atoms with E-state index < -0.39 is 0 Å². The van der Waals surface area contributed by atoms with Crippen LogP contribution >= 0.6 is 11.3 Å². The Morgan fingerprint density at radius 2 is 2.19 bits per heavy atom. The minimum absolute atomic E-state index is 0.374. The highest BCUT2D eigenvalue weighted by Crippen LogP contribution is 2.21. The van der Waals surface area contributed by atoms with E-state index in [1.807, 2.05) is 0 Å². The summed E-state index contributed by atoms with van der Waals surface area (Å²) >= 11 is 1.80. The van der Waals surface area contributed by atoms with E-state index in [2.05, 4.69) is 41.0 Å². The zero-order valence-electron chi connectivity index (χ0n) is 10.3. The maximum Gasteiger partial charge on any atom is 0.0174 e. The van der Waals surface area contributed by atoms with E-state index >= 15 is 0 Å². The lowest BCUT2D eigenvalue weighted by atomic mass is 9.90. The molecule has 90 valence electrons. The maximum atomic E-state index is 3.45. The van der Waals surface area contributed by atoms with Crippen molar-refractivity contribution in [3.05, 3.63) is 22.4 Å². The third kappa shape index (κ3) is 3.06. The molecule has 2 nitrogen and oxygen atoms in total. The molecule has 1 aromatic heterocycles. The van der Waals surface area contributed by atoms with Crippen LogP contribution in [0.1, 0.15) is 25.3 Å². The van der Waals surface area contributed by atoms with Crippen molar-refractivity contribution in [2.45, 2.75) is 31.7 Å². The molecule has 1 aliphatic heterocycles. The zero-order valence-corrected chi connectivity index (χ0v) is 11.1. The average molecular weight is 238 g/mol. The van der Waals surface area contributed by atoms with E-state index in [-0.39, 0.29) is 0 Å². The number of hydrogen-bond donors (Lipinski definition) is 1. The van der Waals surface area contributed by atoms with Crippen LogP contribution in [0.4, 0.5) is 0 Å². The number of piperidine rings is 1. The van der Waals surface area contributed by atoms with Crippen molar-refractivity contribution in [1.29, 1.82) is 0 Å². The molecule has 1 saturated heterocycles. The second kappa shape index (κ2) is 5.30. The molecule has 0 bridgehead atoms. The molecular formula is C13H22N2S. The van der Waals surface area contributed by atoms with Gasteiger partial charge >= 0.3 is 0 Å². The van der Waals surface area contributed by atoms with Crippen molar-refractivity contribution in [3.8, 4) is 0 Å². The third-order valence-corrected chi connectivity index (χ3v) is 4.59. The Bertz CT molecular complexity index is 300. The van der Waals surface area contributed by atoms with Crippen LogP contribution in [0.2, 0.25) is 0 Å². The van der Waals surface area contributed by atoms with Gasteiger partial charge in [0.15, 0.2) is 0 Å². The number of rotatable bonds is 4. The number of likely N-dealkylation sites (tertiary alicyclic amines) is 1. The average Bonchev–Trinajstić information content (AvgIpc) is 2.81. The fourth-order valence-corrected chi connectivity index (χ4v) is 2.95. The van der Waals surface area contributed by atoms with Crippen molar-refractivity contribution < 1.29 is 0 Å². The smallest absolute Gasteiger partial charge is 0.0174 e. The predicted octanol–water partition coefficient (Wildman–Crippen LogP) is 2.36. The molecule has 1 aromatic rings. The molecule has 0 radical (unpaired) electrons. The summed E-state index contributed by atoms with van der Waals surface area (Å²) in [6.45, 7) is 6.03. The van der Waals surface area contributed by atoms with Crippen LogP contribution in [-0.4, -0.2) is 37.1 Å². The second-order valence-corrected chi connectivity index (χ2v) is 5.81. The summed E-state index contributed by atoms with van der Waals surface area (Å²) < 4.78 is 0. The van der Waals surface area contributed by atoms with Crippen molar-refractivity contribution in [3.63, 3.8) is 0 Å². The van der Waals surface area contributed by atoms with Gasteiger partial charge in [-0.25, -0.2) is 0 Å². The monoisotopic (exact) mass is 238 g/mol. The molecule has 1 N–H and O–H groups in total. The van der Waals surface area contributed by atoms with Crippen LogP contribution in [0, 0.1) is 0 Å². The van der Waals surface area contributed by atoms with Gasteiger partial charge < -0.3 is 10.2 Å². The minimum Gasteiger partial charge on any atom is -0.314 e. The molecule has 0 aliphatic carbocycles. The number of thiophene rings is 1. The summed E-state index contributed by atoms with van der Waals surface area (Å²) in [5.74, 6) is 0. The number of nitrogens with zero attached hydrogens (tertiary/aromatic N) is 1. The van der Waals surface area contributed by atoms with E-state index in [9.17, 15) is 0 Å². The Hall–Kier alpha value is -0.380. The Labute approximate surface area is 103 Å². The quantitative estimate of drug-likeness (QED) is 0.866. The lowest BCUT2D eigenvalue weighted by Gasteiger charge is -2.39. The fraction of sp³-hybridized carbons (Fsp3) is 0.692. The summed E-state index contributed by atoms with van der Waals surface area (Å²) in [5.41, 5.74) is 1.87. The Balaban J connectivity index is 1.73. The van der Waals surface area contributed by atoms with Crippen LogP contribution in [-0.2, 0) is 6.42 Å². The SMILES string of the molecule is CNC1(C)CCN(CCc2ccsc2)CC1. The fourth-order valence-electron chi connectivity index (χ4n) is 2.24. The van der Waals surface area contributed by atoms with Gasteiger partial charge in [0, 0.05) is 12.1 Å². The van der Waals surface area contributed by atoms with Crippen molar-refractivity contribution in [2.24, 2.45) is 0 Å². The lowest BCUT2D eigenvalue weighted by Crippen LogP contribution is -2.50. The Morgan fingerprint density at radius 1 is 1.44 bits per heavy atom. The summed E-state index contributed by atoms with van der Waals surface area (Å²) in [7, 11) is 2.08. The zero-order chi connectivity index (χ0) is 11.4. The topological polar surface area (TPSA) is 15.3 Å². The largest absolute Gasteiger partial charge is 0.314 e. The summed E-state index contributed by atoms with van der Waals surface area (Å²) in [6.07, 6.45) is 3.75. The number of nitrogens with one attached hydrogen (secondary N) is 1. The van der Waals surface area contributed by atoms with Gasteiger partial charge in [0.25, 0.3) is 0 Å². The number of hydrogen-bond acceptors (Lipinski definition) is 3. The third-order valence-electron chi connectivity index (χ3n) is 3.86. The Morgan fingerprint density at radius 3 is 2.75 bits per heavy atom. The predicted molar refractivity (Wildman–Crippen MR) is 71.2 cm³/mol. The minimum atomic E-state index is 0.374. The molecule has 3 heteroatoms. The van der Waals surface area contributed by atoms with E-state index in [1.54, 1.807) is 11.3 Å². The molecular weight excluding hydrogens is 216 g/mol. The lowest BCUT2D eigenvalue weighted by molar-refractivity contribution is 0.153. The second-order valence-electron chi connectivity index (χ2n) is 5.03. The summed E-state index contributed by atoms with van der Waals surface area (Å²) in [4.78, 5) is 2.59. The summed E-state index contributed by atoms with van der Waals surface area (Å²) in [5, 5.41) is 7.88. The standard InChI is InChI=1S/C13H22N2S/c1-13(14-2)5-8-15(9-6-13)7-3-12-4-10-16-11-12/h4,10-11,14H,3,5-9H2,1-2H3. The van der Waals surface area contributed by atoms with Gasteiger partial charge in [-0.05, 0) is 68.7 Å². The van der Waals surface area contributed by atoms with Gasteiger partial charge in [-0.2, -0.15) is 11.3 Å². The molecule has 0 spiro atoms. The van der Waals surface area contributed by atoms with E-state index in [1.165, 1.54) is 44.5 Å². The first-order chi connectivity index (χ1) is 7.72. The molecule has 16 heavy (non-hydrogen) atoms. The molecule has 0 amide bonds. The van der Waals surface area contributed by atoms with Crippen molar-refractivity contribution >= 4 is 11.3 Å². The van der Waals surface area contributed by atoms with Crippen molar-refractivity contribution in [1.82, 2.24) is 10.2 Å². The molecule has 0 saturated carbocycles. The van der Waals surface area contributed by atoms with Crippen LogP contribution in [0.5, 0.6) is 0 Å². The molecule has 2 rings (SSSR count). The van der Waals surface area contributed by atoms with Crippen LogP contribution in [0.15, 0.2) is 16.8 Å². The van der Waals surface area contributed by atoms with Gasteiger partial charge in [0.05, 0.1) is 0 Å². The molecule has 1 fully saturated rings. The van der Waals surface area contributed by atoms with Gasteiger partial charge in [-0.1, -0.05) is 0 Å². The molecule has 0 aromatic carbocycles. The first-order valence-electron chi connectivity index (χ1n) is 6.14. The highest BCUT2D eigenvalue weighted by molar-refractivity contribution is 7.07.